The van der Waals surface area contributed by atoms with Gasteiger partial charge in [-0.05, 0) is 30.5 Å². The zero-order valence-corrected chi connectivity index (χ0v) is 11.6. The Balaban J connectivity index is 1.91. The molecule has 0 amide bonds. The average molecular weight is 255 g/mol. The van der Waals surface area contributed by atoms with E-state index in [1.807, 2.05) is 32.0 Å². The molecule has 0 aliphatic heterocycles. The fraction of sp³-hybridized carbons (Fsp3) is 0.294. The quantitative estimate of drug-likeness (QED) is 0.860. The number of benzene rings is 2. The highest BCUT2D eigenvalue weighted by molar-refractivity contribution is 5.32. The Labute approximate surface area is 115 Å². The van der Waals surface area contributed by atoms with Gasteiger partial charge in [-0.3, -0.25) is 0 Å². The van der Waals surface area contributed by atoms with Crippen molar-refractivity contribution in [3.05, 3.63) is 70.8 Å². The molecule has 2 N–H and O–H groups in total. The molecule has 0 saturated carbocycles. The molecule has 1 unspecified atom stereocenters. The molecule has 0 bridgehead atoms. The lowest BCUT2D eigenvalue weighted by atomic mass is 10.0. The topological polar surface area (TPSA) is 32.3 Å². The van der Waals surface area contributed by atoms with Crippen LogP contribution in [0.15, 0.2) is 48.5 Å². The minimum atomic E-state index is -0.455. The molecule has 2 aromatic carbocycles. The van der Waals surface area contributed by atoms with Crippen molar-refractivity contribution in [2.45, 2.75) is 26.5 Å². The van der Waals surface area contributed by atoms with E-state index in [-0.39, 0.29) is 0 Å². The number of hydrogen-bond acceptors (Lipinski definition) is 2. The van der Waals surface area contributed by atoms with Crippen molar-refractivity contribution in [3.63, 3.8) is 0 Å². The van der Waals surface area contributed by atoms with E-state index < -0.39 is 6.10 Å². The summed E-state index contributed by atoms with van der Waals surface area (Å²) in [6.45, 7) is 5.43. The van der Waals surface area contributed by atoms with Gasteiger partial charge in [-0.15, -0.1) is 0 Å². The van der Waals surface area contributed by atoms with Crippen LogP contribution in [0, 0.1) is 13.8 Å². The van der Waals surface area contributed by atoms with Gasteiger partial charge in [-0.2, -0.15) is 0 Å². The molecule has 2 heteroatoms. The van der Waals surface area contributed by atoms with Gasteiger partial charge < -0.3 is 10.4 Å². The van der Waals surface area contributed by atoms with E-state index in [9.17, 15) is 5.11 Å². The maximum absolute atomic E-state index is 10.2. The fourth-order valence-electron chi connectivity index (χ4n) is 2.18. The van der Waals surface area contributed by atoms with Crippen molar-refractivity contribution < 1.29 is 5.11 Å². The zero-order valence-electron chi connectivity index (χ0n) is 11.6. The Morgan fingerprint density at radius 2 is 1.79 bits per heavy atom. The summed E-state index contributed by atoms with van der Waals surface area (Å²) in [5, 5.41) is 13.5. The smallest absolute Gasteiger partial charge is 0.0917 e. The lowest BCUT2D eigenvalue weighted by Crippen LogP contribution is -2.21. The van der Waals surface area contributed by atoms with Crippen LogP contribution in [0.25, 0.3) is 0 Å². The Bertz CT molecular complexity index is 522. The highest BCUT2D eigenvalue weighted by Gasteiger charge is 2.09. The van der Waals surface area contributed by atoms with Crippen LogP contribution in [-0.2, 0) is 6.54 Å². The lowest BCUT2D eigenvalue weighted by Gasteiger charge is -2.15. The molecule has 2 rings (SSSR count). The Morgan fingerprint density at radius 3 is 2.53 bits per heavy atom. The molecule has 0 aromatic heterocycles. The lowest BCUT2D eigenvalue weighted by molar-refractivity contribution is 0.173. The predicted molar refractivity (Wildman–Crippen MR) is 79.0 cm³/mol. The van der Waals surface area contributed by atoms with Crippen LogP contribution >= 0.6 is 0 Å². The van der Waals surface area contributed by atoms with E-state index in [4.69, 9.17) is 0 Å². The Kier molecular flexibility index (Phi) is 4.72. The van der Waals surface area contributed by atoms with Crippen LogP contribution in [-0.4, -0.2) is 11.7 Å². The number of nitrogens with one attached hydrogen (secondary N) is 1. The molecule has 2 aromatic rings. The van der Waals surface area contributed by atoms with Crippen LogP contribution in [0.4, 0.5) is 0 Å². The highest BCUT2D eigenvalue weighted by atomic mass is 16.3. The first-order valence-electron chi connectivity index (χ1n) is 6.66. The number of aliphatic hydroxyl groups excluding tert-OH is 1. The number of aryl methyl sites for hydroxylation is 2. The molecular weight excluding hydrogens is 234 g/mol. The molecule has 0 aliphatic rings. The molecule has 0 spiro atoms. The van der Waals surface area contributed by atoms with Crippen LogP contribution in [0.3, 0.4) is 0 Å². The van der Waals surface area contributed by atoms with Crippen LogP contribution in [0.5, 0.6) is 0 Å². The molecule has 19 heavy (non-hydrogen) atoms. The summed E-state index contributed by atoms with van der Waals surface area (Å²) in [5.74, 6) is 0. The van der Waals surface area contributed by atoms with Gasteiger partial charge in [-0.25, -0.2) is 0 Å². The van der Waals surface area contributed by atoms with Crippen molar-refractivity contribution in [2.24, 2.45) is 0 Å². The molecule has 2 nitrogen and oxygen atoms in total. The van der Waals surface area contributed by atoms with Gasteiger partial charge in [-0.1, -0.05) is 54.1 Å². The average Bonchev–Trinajstić information content (AvgIpc) is 2.42. The van der Waals surface area contributed by atoms with Crippen LogP contribution in [0.2, 0.25) is 0 Å². The molecule has 100 valence electrons. The standard InChI is InChI=1S/C17H21NO/c1-13-8-9-14(2)16(10-13)17(19)12-18-11-15-6-4-3-5-7-15/h3-10,17-19H,11-12H2,1-2H3. The minimum absolute atomic E-state index is 0.455. The second-order valence-electron chi connectivity index (χ2n) is 4.99. The van der Waals surface area contributed by atoms with Crippen LogP contribution in [0.1, 0.15) is 28.4 Å². The van der Waals surface area contributed by atoms with Gasteiger partial charge in [0.05, 0.1) is 6.10 Å². The van der Waals surface area contributed by atoms with Crippen molar-refractivity contribution in [3.8, 4) is 0 Å². The highest BCUT2D eigenvalue weighted by Crippen LogP contribution is 2.18. The summed E-state index contributed by atoms with van der Waals surface area (Å²) in [7, 11) is 0. The first-order valence-corrected chi connectivity index (χ1v) is 6.66. The summed E-state index contributed by atoms with van der Waals surface area (Å²) >= 11 is 0. The number of rotatable bonds is 5. The van der Waals surface area contributed by atoms with Gasteiger partial charge in [0, 0.05) is 13.1 Å². The minimum Gasteiger partial charge on any atom is -0.387 e. The number of hydrogen-bond donors (Lipinski definition) is 2. The molecule has 0 radical (unpaired) electrons. The molecular formula is C17H21NO. The van der Waals surface area contributed by atoms with Gasteiger partial charge >= 0.3 is 0 Å². The van der Waals surface area contributed by atoms with E-state index >= 15 is 0 Å². The first-order chi connectivity index (χ1) is 9.16. The maximum atomic E-state index is 10.2. The SMILES string of the molecule is Cc1ccc(C)c(C(O)CNCc2ccccc2)c1. The summed E-state index contributed by atoms with van der Waals surface area (Å²) in [6, 6.07) is 16.4. The largest absolute Gasteiger partial charge is 0.387 e. The third kappa shape index (κ3) is 3.91. The van der Waals surface area contributed by atoms with Crippen molar-refractivity contribution in [1.82, 2.24) is 5.32 Å². The zero-order chi connectivity index (χ0) is 13.7. The maximum Gasteiger partial charge on any atom is 0.0917 e. The van der Waals surface area contributed by atoms with Crippen molar-refractivity contribution >= 4 is 0 Å². The van der Waals surface area contributed by atoms with E-state index in [1.54, 1.807) is 0 Å². The molecule has 0 aliphatic carbocycles. The fourth-order valence-corrected chi connectivity index (χ4v) is 2.18. The predicted octanol–water partition coefficient (Wildman–Crippen LogP) is 3.13. The summed E-state index contributed by atoms with van der Waals surface area (Å²) in [5.41, 5.74) is 4.57. The van der Waals surface area contributed by atoms with Gasteiger partial charge in [0.1, 0.15) is 0 Å². The normalized spacial score (nSPS) is 12.4. The van der Waals surface area contributed by atoms with Crippen LogP contribution < -0.4 is 5.32 Å². The summed E-state index contributed by atoms with van der Waals surface area (Å²) in [4.78, 5) is 0. The Morgan fingerprint density at radius 1 is 1.05 bits per heavy atom. The van der Waals surface area contributed by atoms with E-state index in [1.165, 1.54) is 11.1 Å². The molecule has 0 fully saturated rings. The van der Waals surface area contributed by atoms with Gasteiger partial charge in [0.15, 0.2) is 0 Å². The summed E-state index contributed by atoms with van der Waals surface area (Å²) < 4.78 is 0. The Hall–Kier alpha value is -1.64. The van der Waals surface area contributed by atoms with Gasteiger partial charge in [0.25, 0.3) is 0 Å². The number of aliphatic hydroxyl groups is 1. The van der Waals surface area contributed by atoms with Gasteiger partial charge in [0.2, 0.25) is 0 Å². The molecule has 0 heterocycles. The first kappa shape index (κ1) is 13.8. The third-order valence-corrected chi connectivity index (χ3v) is 3.30. The molecule has 0 saturated heterocycles. The van der Waals surface area contributed by atoms with E-state index in [2.05, 4.69) is 35.6 Å². The second-order valence-corrected chi connectivity index (χ2v) is 4.99. The monoisotopic (exact) mass is 255 g/mol. The van der Waals surface area contributed by atoms with Crippen molar-refractivity contribution in [2.75, 3.05) is 6.54 Å². The van der Waals surface area contributed by atoms with Crippen molar-refractivity contribution in [1.29, 1.82) is 0 Å². The summed E-state index contributed by atoms with van der Waals surface area (Å²) in [6.07, 6.45) is -0.455. The third-order valence-electron chi connectivity index (χ3n) is 3.30. The second kappa shape index (κ2) is 6.50. The van der Waals surface area contributed by atoms with E-state index in [0.29, 0.717) is 6.54 Å². The van der Waals surface area contributed by atoms with E-state index in [0.717, 1.165) is 17.7 Å². The molecule has 1 atom stereocenters.